The van der Waals surface area contributed by atoms with Gasteiger partial charge in [-0.15, -0.1) is 0 Å². The molecule has 1 unspecified atom stereocenters. The minimum Gasteiger partial charge on any atom is -0.312 e. The second kappa shape index (κ2) is 6.93. The van der Waals surface area contributed by atoms with E-state index in [0.717, 1.165) is 5.56 Å². The molecule has 5 nitrogen and oxygen atoms in total. The highest BCUT2D eigenvalue weighted by atomic mass is 32.2. The maximum Gasteiger partial charge on any atom is 0.240 e. The van der Waals surface area contributed by atoms with Gasteiger partial charge in [-0.25, -0.2) is 17.5 Å². The van der Waals surface area contributed by atoms with E-state index in [1.165, 1.54) is 12.1 Å². The second-order valence-corrected chi connectivity index (χ2v) is 7.98. The number of aryl methyl sites for hydroxylation is 1. The van der Waals surface area contributed by atoms with E-state index in [9.17, 15) is 17.6 Å². The molecule has 25 heavy (non-hydrogen) atoms. The molecule has 1 fully saturated rings. The van der Waals surface area contributed by atoms with Crippen molar-refractivity contribution < 1.29 is 17.6 Å². The molecule has 1 saturated heterocycles. The molecule has 1 atom stereocenters. The number of nitrogens with one attached hydrogen (secondary N) is 1. The van der Waals surface area contributed by atoms with Crippen molar-refractivity contribution in [2.24, 2.45) is 5.92 Å². The van der Waals surface area contributed by atoms with Gasteiger partial charge in [0.25, 0.3) is 0 Å². The molecule has 0 aromatic heterocycles. The Labute approximate surface area is 146 Å². The Hall–Kier alpha value is -2.25. The highest BCUT2D eigenvalue weighted by Crippen LogP contribution is 2.25. The standard InChI is InChI=1S/C18H19FN2O3S/c1-13-2-8-17(9-3-13)25(23,24)20-11-14-10-18(22)21(12-14)16-6-4-15(19)5-7-16/h2-9,14,20H,10-12H2,1H3. The first-order valence-corrected chi connectivity index (χ1v) is 9.46. The Kier molecular flexibility index (Phi) is 4.87. The lowest BCUT2D eigenvalue weighted by Gasteiger charge is -2.17. The largest absolute Gasteiger partial charge is 0.312 e. The molecule has 1 heterocycles. The van der Waals surface area contributed by atoms with Gasteiger partial charge in [0.05, 0.1) is 4.90 Å². The van der Waals surface area contributed by atoms with E-state index in [0.29, 0.717) is 12.2 Å². The molecule has 2 aromatic carbocycles. The maximum atomic E-state index is 13.0. The van der Waals surface area contributed by atoms with Crippen molar-refractivity contribution in [3.63, 3.8) is 0 Å². The van der Waals surface area contributed by atoms with Crippen LogP contribution in [0.4, 0.5) is 10.1 Å². The molecule has 0 spiro atoms. The minimum absolute atomic E-state index is 0.0915. The summed E-state index contributed by atoms with van der Waals surface area (Å²) in [5.41, 5.74) is 1.60. The van der Waals surface area contributed by atoms with Gasteiger partial charge in [-0.05, 0) is 49.2 Å². The Bertz CT molecular complexity index is 864. The van der Waals surface area contributed by atoms with Crippen LogP contribution in [0.25, 0.3) is 0 Å². The van der Waals surface area contributed by atoms with Crippen molar-refractivity contribution in [3.8, 4) is 0 Å². The third-order valence-electron chi connectivity index (χ3n) is 4.24. The normalized spacial score (nSPS) is 17.9. The molecule has 0 saturated carbocycles. The van der Waals surface area contributed by atoms with Crippen molar-refractivity contribution in [1.29, 1.82) is 0 Å². The van der Waals surface area contributed by atoms with Crippen LogP contribution >= 0.6 is 0 Å². The van der Waals surface area contributed by atoms with Crippen molar-refractivity contribution in [1.82, 2.24) is 4.72 Å². The van der Waals surface area contributed by atoms with Crippen LogP contribution in [0.1, 0.15) is 12.0 Å². The fourth-order valence-corrected chi connectivity index (χ4v) is 3.93. The van der Waals surface area contributed by atoms with Gasteiger partial charge in [-0.2, -0.15) is 0 Å². The summed E-state index contributed by atoms with van der Waals surface area (Å²) in [5.74, 6) is -0.582. The highest BCUT2D eigenvalue weighted by molar-refractivity contribution is 7.89. The predicted molar refractivity (Wildman–Crippen MR) is 93.2 cm³/mol. The van der Waals surface area contributed by atoms with E-state index in [2.05, 4.69) is 4.72 Å². The first-order chi connectivity index (χ1) is 11.8. The zero-order valence-corrected chi connectivity index (χ0v) is 14.6. The number of rotatable bonds is 5. The van der Waals surface area contributed by atoms with Gasteiger partial charge in [0.2, 0.25) is 15.9 Å². The van der Waals surface area contributed by atoms with Crippen LogP contribution in [0.15, 0.2) is 53.4 Å². The predicted octanol–water partition coefficient (Wildman–Crippen LogP) is 2.47. The molecule has 0 bridgehead atoms. The fourth-order valence-electron chi connectivity index (χ4n) is 2.82. The zero-order chi connectivity index (χ0) is 18.0. The maximum absolute atomic E-state index is 13.0. The average molecular weight is 362 g/mol. The summed E-state index contributed by atoms with van der Waals surface area (Å²) in [6.45, 7) is 2.47. The summed E-state index contributed by atoms with van der Waals surface area (Å²) < 4.78 is 40.2. The van der Waals surface area contributed by atoms with Crippen LogP contribution in [0.5, 0.6) is 0 Å². The second-order valence-electron chi connectivity index (χ2n) is 6.22. The summed E-state index contributed by atoms with van der Waals surface area (Å²) in [4.78, 5) is 13.9. The van der Waals surface area contributed by atoms with Crippen LogP contribution in [0, 0.1) is 18.7 Å². The van der Waals surface area contributed by atoms with Gasteiger partial charge in [0.15, 0.2) is 0 Å². The van der Waals surface area contributed by atoms with Gasteiger partial charge in [0, 0.05) is 25.2 Å². The summed E-state index contributed by atoms with van der Waals surface area (Å²) in [5, 5.41) is 0. The number of anilines is 1. The topological polar surface area (TPSA) is 66.5 Å². The van der Waals surface area contributed by atoms with Crippen LogP contribution in [-0.2, 0) is 14.8 Å². The molecular formula is C18H19FN2O3S. The van der Waals surface area contributed by atoms with E-state index in [4.69, 9.17) is 0 Å². The fraction of sp³-hybridized carbons (Fsp3) is 0.278. The van der Waals surface area contributed by atoms with Crippen molar-refractivity contribution in [3.05, 3.63) is 59.9 Å². The Balaban J connectivity index is 1.63. The molecule has 7 heteroatoms. The molecule has 1 amide bonds. The summed E-state index contributed by atoms with van der Waals surface area (Å²) in [6.07, 6.45) is 0.258. The van der Waals surface area contributed by atoms with Crippen LogP contribution < -0.4 is 9.62 Å². The molecule has 132 valence electrons. The van der Waals surface area contributed by atoms with Gasteiger partial charge >= 0.3 is 0 Å². The van der Waals surface area contributed by atoms with Crippen molar-refractivity contribution in [2.45, 2.75) is 18.2 Å². The Morgan fingerprint density at radius 3 is 2.40 bits per heavy atom. The SMILES string of the molecule is Cc1ccc(S(=O)(=O)NCC2CC(=O)N(c3ccc(F)cc3)C2)cc1. The molecule has 1 aliphatic heterocycles. The first kappa shape index (κ1) is 17.6. The first-order valence-electron chi connectivity index (χ1n) is 7.97. The number of hydrogen-bond acceptors (Lipinski definition) is 3. The number of amides is 1. The summed E-state index contributed by atoms with van der Waals surface area (Å²) in [6, 6.07) is 12.3. The number of carbonyl (C=O) groups excluding carboxylic acids is 1. The van der Waals surface area contributed by atoms with Gasteiger partial charge in [-0.1, -0.05) is 17.7 Å². The molecule has 2 aromatic rings. The van der Waals surface area contributed by atoms with E-state index < -0.39 is 10.0 Å². The smallest absolute Gasteiger partial charge is 0.240 e. The number of carbonyl (C=O) groups is 1. The third-order valence-corrected chi connectivity index (χ3v) is 5.68. The van der Waals surface area contributed by atoms with Crippen molar-refractivity contribution >= 4 is 21.6 Å². The van der Waals surface area contributed by atoms with Crippen LogP contribution in [0.3, 0.4) is 0 Å². The van der Waals surface area contributed by atoms with E-state index in [-0.39, 0.29) is 35.5 Å². The number of sulfonamides is 1. The van der Waals surface area contributed by atoms with Gasteiger partial charge in [-0.3, -0.25) is 4.79 Å². The number of nitrogens with zero attached hydrogens (tertiary/aromatic N) is 1. The molecular weight excluding hydrogens is 343 g/mol. The highest BCUT2D eigenvalue weighted by Gasteiger charge is 2.31. The van der Waals surface area contributed by atoms with E-state index in [1.807, 2.05) is 6.92 Å². The quantitative estimate of drug-likeness (QED) is 0.889. The number of hydrogen-bond donors (Lipinski definition) is 1. The zero-order valence-electron chi connectivity index (χ0n) is 13.8. The van der Waals surface area contributed by atoms with Crippen molar-refractivity contribution in [2.75, 3.05) is 18.0 Å². The number of benzene rings is 2. The average Bonchev–Trinajstić information content (AvgIpc) is 2.95. The third kappa shape index (κ3) is 4.05. The summed E-state index contributed by atoms with van der Waals surface area (Å²) >= 11 is 0. The molecule has 1 aliphatic rings. The van der Waals surface area contributed by atoms with E-state index in [1.54, 1.807) is 41.3 Å². The lowest BCUT2D eigenvalue weighted by Crippen LogP contribution is -2.31. The molecule has 3 rings (SSSR count). The Morgan fingerprint density at radius 2 is 1.76 bits per heavy atom. The van der Waals surface area contributed by atoms with Crippen LogP contribution in [0.2, 0.25) is 0 Å². The van der Waals surface area contributed by atoms with Gasteiger partial charge in [0.1, 0.15) is 5.82 Å². The molecule has 1 N–H and O–H groups in total. The lowest BCUT2D eigenvalue weighted by atomic mass is 10.1. The van der Waals surface area contributed by atoms with E-state index >= 15 is 0 Å². The Morgan fingerprint density at radius 1 is 1.12 bits per heavy atom. The van der Waals surface area contributed by atoms with Gasteiger partial charge < -0.3 is 4.90 Å². The summed E-state index contributed by atoms with van der Waals surface area (Å²) in [7, 11) is -3.60. The minimum atomic E-state index is -3.60. The lowest BCUT2D eigenvalue weighted by molar-refractivity contribution is -0.117. The number of halogens is 1. The van der Waals surface area contributed by atoms with Crippen LogP contribution in [-0.4, -0.2) is 27.4 Å². The molecule has 0 aliphatic carbocycles. The monoisotopic (exact) mass is 362 g/mol. The molecule has 0 radical (unpaired) electrons.